The second-order valence-electron chi connectivity index (χ2n) is 4.39. The first-order chi connectivity index (χ1) is 9.16. The van der Waals surface area contributed by atoms with E-state index >= 15 is 0 Å². The van der Waals surface area contributed by atoms with Crippen LogP contribution in [0.3, 0.4) is 0 Å². The van der Waals surface area contributed by atoms with Crippen LogP contribution in [-0.2, 0) is 6.42 Å². The van der Waals surface area contributed by atoms with Gasteiger partial charge in [-0.15, -0.1) is 0 Å². The van der Waals surface area contributed by atoms with Gasteiger partial charge in [-0.2, -0.15) is 0 Å². The third-order valence-corrected chi connectivity index (χ3v) is 3.23. The van der Waals surface area contributed by atoms with Crippen LogP contribution in [0.15, 0.2) is 36.4 Å². The lowest BCUT2D eigenvalue weighted by Gasteiger charge is -2.07. The van der Waals surface area contributed by atoms with Crippen LogP contribution in [0, 0.1) is 5.82 Å². The van der Waals surface area contributed by atoms with Gasteiger partial charge in [-0.05, 0) is 29.3 Å². The number of fused-ring (bicyclic) bond motifs is 1. The van der Waals surface area contributed by atoms with E-state index in [2.05, 4.69) is 0 Å². The van der Waals surface area contributed by atoms with E-state index in [0.29, 0.717) is 17.7 Å². The van der Waals surface area contributed by atoms with Crippen molar-refractivity contribution >= 4 is 5.97 Å². The Labute approximate surface area is 109 Å². The van der Waals surface area contributed by atoms with E-state index in [-0.39, 0.29) is 5.56 Å². The molecule has 1 N–H and O–H groups in total. The lowest BCUT2D eigenvalue weighted by molar-refractivity contribution is 0.0692. The van der Waals surface area contributed by atoms with Gasteiger partial charge in [-0.3, -0.25) is 0 Å². The number of hydrogen-bond acceptors (Lipinski definition) is 2. The Morgan fingerprint density at radius 3 is 2.89 bits per heavy atom. The zero-order valence-electron chi connectivity index (χ0n) is 10.0. The molecule has 0 radical (unpaired) electrons. The Kier molecular flexibility index (Phi) is 2.71. The summed E-state index contributed by atoms with van der Waals surface area (Å²) in [5.74, 6) is -1.14. The molecule has 0 fully saturated rings. The number of ether oxygens (including phenoxy) is 1. The molecule has 1 aliphatic heterocycles. The minimum Gasteiger partial charge on any atom is -0.493 e. The molecule has 0 saturated carbocycles. The number of rotatable bonds is 2. The average molecular weight is 258 g/mol. The number of carboxylic acid groups (broad SMARTS) is 1. The molecule has 0 atom stereocenters. The van der Waals surface area contributed by atoms with Gasteiger partial charge < -0.3 is 9.84 Å². The molecule has 4 heteroatoms. The third kappa shape index (κ3) is 1.95. The number of hydrogen-bond donors (Lipinski definition) is 1. The summed E-state index contributed by atoms with van der Waals surface area (Å²) in [6.07, 6.45) is 0.795. The van der Waals surface area contributed by atoms with Crippen molar-refractivity contribution in [3.63, 3.8) is 0 Å². The average Bonchev–Trinajstić information content (AvgIpc) is 2.85. The Balaban J connectivity index is 2.12. The van der Waals surface area contributed by atoms with Crippen LogP contribution >= 0.6 is 0 Å². The van der Waals surface area contributed by atoms with Crippen LogP contribution in [0.2, 0.25) is 0 Å². The lowest BCUT2D eigenvalue weighted by Crippen LogP contribution is -2.01. The largest absolute Gasteiger partial charge is 0.493 e. The maximum atomic E-state index is 14.1. The fraction of sp³-hybridized carbons (Fsp3) is 0.133. The topological polar surface area (TPSA) is 46.5 Å². The van der Waals surface area contributed by atoms with Gasteiger partial charge in [0.05, 0.1) is 12.2 Å². The summed E-state index contributed by atoms with van der Waals surface area (Å²) in [6, 6.07) is 9.79. The van der Waals surface area contributed by atoms with Gasteiger partial charge in [0.25, 0.3) is 0 Å². The van der Waals surface area contributed by atoms with Crippen molar-refractivity contribution in [1.82, 2.24) is 0 Å². The normalized spacial score (nSPS) is 12.9. The summed E-state index contributed by atoms with van der Waals surface area (Å²) in [7, 11) is 0. The molecule has 0 bridgehead atoms. The maximum Gasteiger partial charge on any atom is 0.338 e. The van der Waals surface area contributed by atoms with Gasteiger partial charge in [0.1, 0.15) is 11.6 Å². The smallest absolute Gasteiger partial charge is 0.338 e. The van der Waals surface area contributed by atoms with Crippen LogP contribution in [0.5, 0.6) is 5.75 Å². The summed E-state index contributed by atoms with van der Waals surface area (Å²) >= 11 is 0. The van der Waals surface area contributed by atoms with Crippen molar-refractivity contribution in [2.45, 2.75) is 6.42 Å². The molecule has 0 spiro atoms. The van der Waals surface area contributed by atoms with E-state index in [4.69, 9.17) is 9.84 Å². The summed E-state index contributed by atoms with van der Waals surface area (Å²) in [5, 5.41) is 8.93. The minimum atomic E-state index is -1.26. The molecule has 3 nitrogen and oxygen atoms in total. The Morgan fingerprint density at radius 2 is 2.11 bits per heavy atom. The first-order valence-corrected chi connectivity index (χ1v) is 5.95. The van der Waals surface area contributed by atoms with Gasteiger partial charge in [0, 0.05) is 12.0 Å². The molecule has 0 aliphatic carbocycles. The van der Waals surface area contributed by atoms with Crippen molar-refractivity contribution in [3.05, 3.63) is 53.3 Å². The van der Waals surface area contributed by atoms with Crippen LogP contribution in [0.4, 0.5) is 4.39 Å². The van der Waals surface area contributed by atoms with Crippen molar-refractivity contribution in [3.8, 4) is 16.9 Å². The minimum absolute atomic E-state index is 0.301. The molecular weight excluding hydrogens is 247 g/mol. The highest BCUT2D eigenvalue weighted by Gasteiger charge is 2.17. The first kappa shape index (κ1) is 11.7. The van der Waals surface area contributed by atoms with Crippen molar-refractivity contribution < 1.29 is 19.0 Å². The highest BCUT2D eigenvalue weighted by atomic mass is 19.1. The van der Waals surface area contributed by atoms with Crippen LogP contribution in [0.1, 0.15) is 15.9 Å². The maximum absolute atomic E-state index is 14.1. The number of carbonyl (C=O) groups is 1. The summed E-state index contributed by atoms with van der Waals surface area (Å²) < 4.78 is 19.5. The van der Waals surface area contributed by atoms with E-state index in [1.165, 1.54) is 6.07 Å². The second kappa shape index (κ2) is 4.39. The van der Waals surface area contributed by atoms with Crippen LogP contribution in [-0.4, -0.2) is 17.7 Å². The molecular formula is C15H11FO3. The lowest BCUT2D eigenvalue weighted by atomic mass is 9.99. The quantitative estimate of drug-likeness (QED) is 0.900. The number of aromatic carboxylic acids is 1. The molecule has 1 aliphatic rings. The molecule has 19 heavy (non-hydrogen) atoms. The molecule has 2 aromatic carbocycles. The Hall–Kier alpha value is -2.36. The second-order valence-corrected chi connectivity index (χ2v) is 4.39. The SMILES string of the molecule is O=C(O)c1cccc(-c2ccc3c(c2)CCO3)c1F. The number of carboxylic acids is 1. The van der Waals surface area contributed by atoms with Crippen LogP contribution < -0.4 is 4.74 Å². The predicted molar refractivity (Wildman–Crippen MR) is 68.0 cm³/mol. The fourth-order valence-corrected chi connectivity index (χ4v) is 2.27. The van der Waals surface area contributed by atoms with Gasteiger partial charge in [0.15, 0.2) is 0 Å². The number of halogens is 1. The monoisotopic (exact) mass is 258 g/mol. The molecule has 0 saturated heterocycles. The summed E-state index contributed by atoms with van der Waals surface area (Å²) in [6.45, 7) is 0.635. The van der Waals surface area contributed by atoms with E-state index in [1.54, 1.807) is 24.3 Å². The Bertz CT molecular complexity index is 664. The van der Waals surface area contributed by atoms with Gasteiger partial charge in [-0.1, -0.05) is 18.2 Å². The Morgan fingerprint density at radius 1 is 1.26 bits per heavy atom. The van der Waals surface area contributed by atoms with Crippen molar-refractivity contribution in [2.24, 2.45) is 0 Å². The molecule has 1 heterocycles. The molecule has 0 amide bonds. The van der Waals surface area contributed by atoms with Crippen molar-refractivity contribution in [2.75, 3.05) is 6.61 Å². The van der Waals surface area contributed by atoms with E-state index < -0.39 is 11.8 Å². The highest BCUT2D eigenvalue weighted by Crippen LogP contribution is 2.32. The first-order valence-electron chi connectivity index (χ1n) is 5.95. The predicted octanol–water partition coefficient (Wildman–Crippen LogP) is 3.13. The number of benzene rings is 2. The van der Waals surface area contributed by atoms with E-state index in [0.717, 1.165) is 17.7 Å². The van der Waals surface area contributed by atoms with Crippen molar-refractivity contribution in [1.29, 1.82) is 0 Å². The molecule has 0 aromatic heterocycles. The molecule has 3 rings (SSSR count). The molecule has 0 unspecified atom stereocenters. The fourth-order valence-electron chi connectivity index (χ4n) is 2.27. The standard InChI is InChI=1S/C15H11FO3/c16-14-11(2-1-3-12(14)15(17)18)9-4-5-13-10(8-9)6-7-19-13/h1-5,8H,6-7H2,(H,17,18). The molecule has 96 valence electrons. The van der Waals surface area contributed by atoms with Gasteiger partial charge in [0.2, 0.25) is 0 Å². The van der Waals surface area contributed by atoms with Gasteiger partial charge in [-0.25, -0.2) is 9.18 Å². The summed E-state index contributed by atoms with van der Waals surface area (Å²) in [5.41, 5.74) is 1.69. The summed E-state index contributed by atoms with van der Waals surface area (Å²) in [4.78, 5) is 10.9. The van der Waals surface area contributed by atoms with E-state index in [1.807, 2.05) is 6.07 Å². The third-order valence-electron chi connectivity index (χ3n) is 3.23. The zero-order chi connectivity index (χ0) is 13.4. The van der Waals surface area contributed by atoms with Crippen LogP contribution in [0.25, 0.3) is 11.1 Å². The highest BCUT2D eigenvalue weighted by molar-refractivity contribution is 5.90. The zero-order valence-corrected chi connectivity index (χ0v) is 10.0. The van der Waals surface area contributed by atoms with Gasteiger partial charge >= 0.3 is 5.97 Å². The molecule has 2 aromatic rings. The van der Waals surface area contributed by atoms with E-state index in [9.17, 15) is 9.18 Å².